The second kappa shape index (κ2) is 9.71. The van der Waals surface area contributed by atoms with Crippen LogP contribution in [0.2, 0.25) is 5.02 Å². The number of nitrogens with zero attached hydrogens (tertiary/aromatic N) is 2. The summed E-state index contributed by atoms with van der Waals surface area (Å²) in [6.45, 7) is 0.996. The van der Waals surface area contributed by atoms with E-state index in [1.807, 2.05) is 48.5 Å². The Morgan fingerprint density at radius 1 is 1.04 bits per heavy atom. The number of amides is 1. The number of rotatable bonds is 8. The number of carbonyl (C=O) groups is 1. The minimum atomic E-state index is -0.215. The highest BCUT2D eigenvalue weighted by molar-refractivity contribution is 6.31. The van der Waals surface area contributed by atoms with E-state index in [0.717, 1.165) is 16.9 Å². The van der Waals surface area contributed by atoms with Gasteiger partial charge in [0.2, 0.25) is 5.95 Å². The molecule has 2 aromatic carbocycles. The monoisotopic (exact) mass is 396 g/mol. The van der Waals surface area contributed by atoms with Crippen LogP contribution in [0.1, 0.15) is 21.5 Å². The number of aromatic nitrogens is 2. The van der Waals surface area contributed by atoms with Gasteiger partial charge < -0.3 is 15.4 Å². The average molecular weight is 397 g/mol. The van der Waals surface area contributed by atoms with Gasteiger partial charge in [-0.3, -0.25) is 4.79 Å². The summed E-state index contributed by atoms with van der Waals surface area (Å²) in [4.78, 5) is 20.6. The first-order valence-corrected chi connectivity index (χ1v) is 9.24. The van der Waals surface area contributed by atoms with Crippen LogP contribution in [0.25, 0.3) is 0 Å². The van der Waals surface area contributed by atoms with Crippen molar-refractivity contribution in [3.63, 3.8) is 0 Å². The fourth-order valence-corrected chi connectivity index (χ4v) is 2.88. The van der Waals surface area contributed by atoms with E-state index in [0.29, 0.717) is 36.0 Å². The second-order valence-electron chi connectivity index (χ2n) is 6.06. The number of benzene rings is 2. The zero-order valence-electron chi connectivity index (χ0n) is 15.5. The number of hydrogen-bond acceptors (Lipinski definition) is 5. The van der Waals surface area contributed by atoms with Crippen LogP contribution in [-0.4, -0.2) is 29.5 Å². The van der Waals surface area contributed by atoms with E-state index in [9.17, 15) is 4.79 Å². The number of para-hydroxylation sites is 1. The molecule has 1 amide bonds. The molecule has 0 aliphatic heterocycles. The first kappa shape index (κ1) is 19.6. The van der Waals surface area contributed by atoms with Gasteiger partial charge in [0.25, 0.3) is 5.91 Å². The molecule has 3 rings (SSSR count). The van der Waals surface area contributed by atoms with Crippen molar-refractivity contribution in [2.75, 3.05) is 19.0 Å². The maximum absolute atomic E-state index is 12.3. The summed E-state index contributed by atoms with van der Waals surface area (Å²) in [5, 5.41) is 6.65. The van der Waals surface area contributed by atoms with Crippen LogP contribution in [0.4, 0.5) is 5.95 Å². The Morgan fingerprint density at radius 3 is 2.43 bits per heavy atom. The summed E-state index contributed by atoms with van der Waals surface area (Å²) in [5.74, 6) is 1.03. The third-order valence-corrected chi connectivity index (χ3v) is 4.55. The summed E-state index contributed by atoms with van der Waals surface area (Å²) >= 11 is 6.13. The van der Waals surface area contributed by atoms with Crippen molar-refractivity contribution >= 4 is 23.5 Å². The summed E-state index contributed by atoms with van der Waals surface area (Å²) in [7, 11) is 1.64. The predicted octanol–water partition coefficient (Wildman–Crippen LogP) is 3.72. The smallest absolute Gasteiger partial charge is 0.254 e. The van der Waals surface area contributed by atoms with Gasteiger partial charge in [0.1, 0.15) is 5.75 Å². The van der Waals surface area contributed by atoms with E-state index in [1.54, 1.807) is 7.11 Å². The molecule has 28 heavy (non-hydrogen) atoms. The molecule has 3 aromatic rings. The molecule has 0 spiro atoms. The molecule has 0 saturated heterocycles. The lowest BCUT2D eigenvalue weighted by atomic mass is 10.1. The normalized spacial score (nSPS) is 10.4. The number of hydrogen-bond donors (Lipinski definition) is 2. The lowest BCUT2D eigenvalue weighted by Crippen LogP contribution is -2.26. The molecule has 0 aliphatic carbocycles. The molecule has 144 valence electrons. The zero-order valence-corrected chi connectivity index (χ0v) is 16.2. The maximum Gasteiger partial charge on any atom is 0.254 e. The fraction of sp³-hybridized carbons (Fsp3) is 0.190. The van der Waals surface area contributed by atoms with Crippen molar-refractivity contribution in [2.45, 2.75) is 13.0 Å². The Balaban J connectivity index is 1.50. The minimum Gasteiger partial charge on any atom is -0.496 e. The molecule has 0 saturated carbocycles. The molecule has 0 unspecified atom stereocenters. The summed E-state index contributed by atoms with van der Waals surface area (Å²) in [6.07, 6.45) is 3.68. The fourth-order valence-electron chi connectivity index (χ4n) is 2.67. The molecule has 0 atom stereocenters. The topological polar surface area (TPSA) is 76.1 Å². The van der Waals surface area contributed by atoms with Gasteiger partial charge in [0, 0.05) is 30.5 Å². The Hall–Kier alpha value is -3.12. The number of carbonyl (C=O) groups excluding carboxylic acids is 1. The molecule has 7 heteroatoms. The van der Waals surface area contributed by atoms with E-state index in [4.69, 9.17) is 16.3 Å². The summed E-state index contributed by atoms with van der Waals surface area (Å²) in [5.41, 5.74) is 2.40. The standard InChI is InChI=1S/C21H21ClN4O2/c1-28-19-9-5-3-6-15(19)10-11-23-20(27)17-13-25-21(26-14-17)24-12-16-7-2-4-8-18(16)22/h2-9,13-14H,10-12H2,1H3,(H,23,27)(H,24,25,26). The van der Waals surface area contributed by atoms with Gasteiger partial charge in [0.05, 0.1) is 12.7 Å². The number of halogens is 1. The average Bonchev–Trinajstić information content (AvgIpc) is 2.74. The summed E-state index contributed by atoms with van der Waals surface area (Å²) in [6, 6.07) is 15.3. The number of ether oxygens (including phenoxy) is 1. The molecule has 0 aliphatic rings. The lowest BCUT2D eigenvalue weighted by Gasteiger charge is -2.09. The van der Waals surface area contributed by atoms with Crippen molar-refractivity contribution in [1.29, 1.82) is 0 Å². The predicted molar refractivity (Wildman–Crippen MR) is 110 cm³/mol. The number of nitrogens with one attached hydrogen (secondary N) is 2. The first-order chi connectivity index (χ1) is 13.7. The van der Waals surface area contributed by atoms with Gasteiger partial charge in [-0.2, -0.15) is 0 Å². The molecule has 1 heterocycles. The third kappa shape index (κ3) is 5.20. The van der Waals surface area contributed by atoms with Crippen molar-refractivity contribution in [3.05, 3.63) is 82.6 Å². The van der Waals surface area contributed by atoms with Crippen molar-refractivity contribution in [1.82, 2.24) is 15.3 Å². The van der Waals surface area contributed by atoms with Crippen LogP contribution in [0.15, 0.2) is 60.9 Å². The highest BCUT2D eigenvalue weighted by atomic mass is 35.5. The lowest BCUT2D eigenvalue weighted by molar-refractivity contribution is 0.0953. The molecule has 0 fully saturated rings. The van der Waals surface area contributed by atoms with Gasteiger partial charge in [-0.15, -0.1) is 0 Å². The quantitative estimate of drug-likeness (QED) is 0.606. The van der Waals surface area contributed by atoms with E-state index >= 15 is 0 Å². The second-order valence-corrected chi connectivity index (χ2v) is 6.47. The van der Waals surface area contributed by atoms with Gasteiger partial charge in [-0.1, -0.05) is 48.0 Å². The summed E-state index contributed by atoms with van der Waals surface area (Å²) < 4.78 is 5.32. The third-order valence-electron chi connectivity index (χ3n) is 4.18. The van der Waals surface area contributed by atoms with Crippen LogP contribution in [0.3, 0.4) is 0 Å². The highest BCUT2D eigenvalue weighted by Gasteiger charge is 2.08. The van der Waals surface area contributed by atoms with Crippen molar-refractivity contribution < 1.29 is 9.53 Å². The van der Waals surface area contributed by atoms with Crippen molar-refractivity contribution in [3.8, 4) is 5.75 Å². The molecule has 0 radical (unpaired) electrons. The number of methoxy groups -OCH3 is 1. The van der Waals surface area contributed by atoms with Crippen LogP contribution >= 0.6 is 11.6 Å². The van der Waals surface area contributed by atoms with Crippen LogP contribution in [0, 0.1) is 0 Å². The Morgan fingerprint density at radius 2 is 1.71 bits per heavy atom. The number of anilines is 1. The maximum atomic E-state index is 12.3. The van der Waals surface area contributed by atoms with E-state index in [2.05, 4.69) is 20.6 Å². The SMILES string of the molecule is COc1ccccc1CCNC(=O)c1cnc(NCc2ccccc2Cl)nc1. The van der Waals surface area contributed by atoms with E-state index in [-0.39, 0.29) is 5.91 Å². The van der Waals surface area contributed by atoms with Gasteiger partial charge in [0.15, 0.2) is 0 Å². The Bertz CT molecular complexity index is 932. The Labute approximate surface area is 168 Å². The zero-order chi connectivity index (χ0) is 19.8. The van der Waals surface area contributed by atoms with E-state index in [1.165, 1.54) is 12.4 Å². The van der Waals surface area contributed by atoms with Gasteiger partial charge in [-0.05, 0) is 29.7 Å². The van der Waals surface area contributed by atoms with Gasteiger partial charge in [-0.25, -0.2) is 9.97 Å². The minimum absolute atomic E-state index is 0.215. The molecule has 6 nitrogen and oxygen atoms in total. The van der Waals surface area contributed by atoms with Crippen LogP contribution in [0.5, 0.6) is 5.75 Å². The van der Waals surface area contributed by atoms with Crippen molar-refractivity contribution in [2.24, 2.45) is 0 Å². The Kier molecular flexibility index (Phi) is 6.81. The first-order valence-electron chi connectivity index (χ1n) is 8.87. The highest BCUT2D eigenvalue weighted by Crippen LogP contribution is 2.17. The molecule has 2 N–H and O–H groups in total. The molecule has 0 bridgehead atoms. The molecular weight excluding hydrogens is 376 g/mol. The van der Waals surface area contributed by atoms with Crippen LogP contribution in [-0.2, 0) is 13.0 Å². The molecule has 1 aromatic heterocycles. The largest absolute Gasteiger partial charge is 0.496 e. The molecular formula is C21H21ClN4O2. The van der Waals surface area contributed by atoms with Gasteiger partial charge >= 0.3 is 0 Å². The van der Waals surface area contributed by atoms with Crippen LogP contribution < -0.4 is 15.4 Å². The van der Waals surface area contributed by atoms with E-state index < -0.39 is 0 Å².